The molecule has 6 heteroatoms. The van der Waals surface area contributed by atoms with Crippen molar-refractivity contribution in [3.05, 3.63) is 59.4 Å². The van der Waals surface area contributed by atoms with Crippen LogP contribution >= 0.6 is 0 Å². The van der Waals surface area contributed by atoms with Gasteiger partial charge in [0.1, 0.15) is 12.4 Å². The van der Waals surface area contributed by atoms with Crippen molar-refractivity contribution in [2.45, 2.75) is 33.0 Å². The van der Waals surface area contributed by atoms with Crippen LogP contribution in [0.15, 0.2) is 42.6 Å². The van der Waals surface area contributed by atoms with E-state index in [2.05, 4.69) is 45.1 Å². The van der Waals surface area contributed by atoms with Crippen molar-refractivity contribution in [2.24, 2.45) is 0 Å². The summed E-state index contributed by atoms with van der Waals surface area (Å²) >= 11 is 0. The summed E-state index contributed by atoms with van der Waals surface area (Å²) in [6.45, 7) is 9.88. The standard InChI is InChI=1S/C23H30N4O2/c1-2-23(28)27-13-14-29-22-7-6-19(15-20(22)17-27)16-25-9-11-26(12-10-25)18-21-5-3-4-8-24-21/h3-8,15H,2,9-14,16-18H2,1H3. The lowest BCUT2D eigenvalue weighted by atomic mass is 10.1. The van der Waals surface area contributed by atoms with Gasteiger partial charge in [0.2, 0.25) is 5.91 Å². The molecule has 2 aliphatic rings. The lowest BCUT2D eigenvalue weighted by Gasteiger charge is -2.34. The molecule has 0 unspecified atom stereocenters. The van der Waals surface area contributed by atoms with Crippen molar-refractivity contribution in [3.63, 3.8) is 0 Å². The van der Waals surface area contributed by atoms with E-state index in [-0.39, 0.29) is 5.91 Å². The molecule has 1 fully saturated rings. The number of carbonyl (C=O) groups excluding carboxylic acids is 1. The minimum Gasteiger partial charge on any atom is -0.491 e. The average molecular weight is 395 g/mol. The maximum atomic E-state index is 12.1. The summed E-state index contributed by atoms with van der Waals surface area (Å²) in [6, 6.07) is 12.6. The number of pyridine rings is 1. The van der Waals surface area contributed by atoms with Crippen LogP contribution < -0.4 is 4.74 Å². The number of hydrogen-bond acceptors (Lipinski definition) is 5. The summed E-state index contributed by atoms with van der Waals surface area (Å²) in [5, 5.41) is 0. The van der Waals surface area contributed by atoms with Crippen LogP contribution in [0.5, 0.6) is 5.75 Å². The molecule has 2 aromatic rings. The SMILES string of the molecule is CCC(=O)N1CCOc2ccc(CN3CCN(Cc4ccccn4)CC3)cc2C1. The Hall–Kier alpha value is -2.44. The molecule has 0 atom stereocenters. The molecule has 1 saturated heterocycles. The molecular formula is C23H30N4O2. The van der Waals surface area contributed by atoms with Crippen molar-refractivity contribution in [1.82, 2.24) is 19.7 Å². The summed E-state index contributed by atoms with van der Waals surface area (Å²) in [4.78, 5) is 23.5. The fourth-order valence-electron chi connectivity index (χ4n) is 4.07. The molecule has 1 aromatic heterocycles. The Morgan fingerprint density at radius 3 is 2.55 bits per heavy atom. The monoisotopic (exact) mass is 394 g/mol. The van der Waals surface area contributed by atoms with Gasteiger partial charge in [0.25, 0.3) is 0 Å². The number of piperazine rings is 1. The Morgan fingerprint density at radius 2 is 1.83 bits per heavy atom. The zero-order valence-electron chi connectivity index (χ0n) is 17.2. The number of amides is 1. The molecule has 2 aliphatic heterocycles. The van der Waals surface area contributed by atoms with Gasteiger partial charge in [0.15, 0.2) is 0 Å². The van der Waals surface area contributed by atoms with Gasteiger partial charge >= 0.3 is 0 Å². The van der Waals surface area contributed by atoms with E-state index in [1.54, 1.807) is 0 Å². The zero-order chi connectivity index (χ0) is 20.1. The first kappa shape index (κ1) is 19.9. The molecule has 0 saturated carbocycles. The van der Waals surface area contributed by atoms with Gasteiger partial charge in [0.05, 0.1) is 12.2 Å². The maximum absolute atomic E-state index is 12.1. The summed E-state index contributed by atoms with van der Waals surface area (Å²) in [5.74, 6) is 1.11. The van der Waals surface area contributed by atoms with E-state index in [9.17, 15) is 4.79 Å². The predicted octanol–water partition coefficient (Wildman–Crippen LogP) is 2.53. The maximum Gasteiger partial charge on any atom is 0.222 e. The normalized spacial score (nSPS) is 18.0. The number of benzene rings is 1. The van der Waals surface area contributed by atoms with E-state index in [1.165, 1.54) is 5.56 Å². The van der Waals surface area contributed by atoms with E-state index in [1.807, 2.05) is 24.1 Å². The Morgan fingerprint density at radius 1 is 1.03 bits per heavy atom. The first-order valence-corrected chi connectivity index (χ1v) is 10.6. The van der Waals surface area contributed by atoms with Crippen LogP contribution in [0, 0.1) is 0 Å². The highest BCUT2D eigenvalue weighted by Gasteiger charge is 2.21. The van der Waals surface area contributed by atoms with Crippen LogP contribution in [-0.2, 0) is 24.4 Å². The topological polar surface area (TPSA) is 48.9 Å². The molecule has 1 amide bonds. The zero-order valence-corrected chi connectivity index (χ0v) is 17.2. The number of fused-ring (bicyclic) bond motifs is 1. The quantitative estimate of drug-likeness (QED) is 0.780. The molecule has 0 radical (unpaired) electrons. The van der Waals surface area contributed by atoms with Gasteiger partial charge in [0, 0.05) is 64.0 Å². The minimum atomic E-state index is 0.191. The van der Waals surface area contributed by atoms with Crippen LogP contribution in [0.2, 0.25) is 0 Å². The van der Waals surface area contributed by atoms with E-state index < -0.39 is 0 Å². The minimum absolute atomic E-state index is 0.191. The molecule has 0 aliphatic carbocycles. The van der Waals surface area contributed by atoms with Gasteiger partial charge in [-0.25, -0.2) is 0 Å². The Balaban J connectivity index is 1.33. The molecule has 154 valence electrons. The molecule has 3 heterocycles. The number of nitrogens with zero attached hydrogens (tertiary/aromatic N) is 4. The fraction of sp³-hybridized carbons (Fsp3) is 0.478. The summed E-state index contributed by atoms with van der Waals surface area (Å²) in [6.07, 6.45) is 2.40. The Labute approximate surface area is 173 Å². The smallest absolute Gasteiger partial charge is 0.222 e. The van der Waals surface area contributed by atoms with Crippen molar-refractivity contribution >= 4 is 5.91 Å². The van der Waals surface area contributed by atoms with Gasteiger partial charge in [-0.2, -0.15) is 0 Å². The lowest BCUT2D eigenvalue weighted by molar-refractivity contribution is -0.131. The highest BCUT2D eigenvalue weighted by atomic mass is 16.5. The van der Waals surface area contributed by atoms with Crippen LogP contribution in [-0.4, -0.2) is 64.9 Å². The third kappa shape index (κ3) is 5.14. The van der Waals surface area contributed by atoms with Crippen LogP contribution in [0.1, 0.15) is 30.2 Å². The predicted molar refractivity (Wildman–Crippen MR) is 112 cm³/mol. The molecule has 6 nitrogen and oxygen atoms in total. The first-order valence-electron chi connectivity index (χ1n) is 10.6. The number of aromatic nitrogens is 1. The van der Waals surface area contributed by atoms with Gasteiger partial charge in [-0.15, -0.1) is 0 Å². The second-order valence-corrected chi connectivity index (χ2v) is 7.83. The molecular weight excluding hydrogens is 364 g/mol. The van der Waals surface area contributed by atoms with Crippen LogP contribution in [0.4, 0.5) is 0 Å². The number of ether oxygens (including phenoxy) is 1. The molecule has 1 aromatic carbocycles. The third-order valence-corrected chi connectivity index (χ3v) is 5.74. The molecule has 0 spiro atoms. The van der Waals surface area contributed by atoms with Gasteiger partial charge in [-0.05, 0) is 29.8 Å². The van der Waals surface area contributed by atoms with E-state index >= 15 is 0 Å². The van der Waals surface area contributed by atoms with Crippen LogP contribution in [0.25, 0.3) is 0 Å². The number of hydrogen-bond donors (Lipinski definition) is 0. The number of carbonyl (C=O) groups is 1. The van der Waals surface area contributed by atoms with Crippen molar-refractivity contribution in [1.29, 1.82) is 0 Å². The van der Waals surface area contributed by atoms with Crippen LogP contribution in [0.3, 0.4) is 0 Å². The van der Waals surface area contributed by atoms with E-state index in [0.29, 0.717) is 26.1 Å². The second-order valence-electron chi connectivity index (χ2n) is 7.83. The first-order chi connectivity index (χ1) is 14.2. The Kier molecular flexibility index (Phi) is 6.42. The number of rotatable bonds is 5. The summed E-state index contributed by atoms with van der Waals surface area (Å²) in [7, 11) is 0. The third-order valence-electron chi connectivity index (χ3n) is 5.74. The average Bonchev–Trinajstić information content (AvgIpc) is 2.97. The molecule has 4 rings (SSSR count). The Bertz CT molecular complexity index is 819. The molecule has 0 bridgehead atoms. The van der Waals surface area contributed by atoms with Gasteiger partial charge in [-0.3, -0.25) is 19.6 Å². The highest BCUT2D eigenvalue weighted by molar-refractivity contribution is 5.76. The highest BCUT2D eigenvalue weighted by Crippen LogP contribution is 2.25. The largest absolute Gasteiger partial charge is 0.491 e. The summed E-state index contributed by atoms with van der Waals surface area (Å²) in [5.41, 5.74) is 3.55. The fourth-order valence-corrected chi connectivity index (χ4v) is 4.07. The molecule has 0 N–H and O–H groups in total. The van der Waals surface area contributed by atoms with Gasteiger partial charge in [-0.1, -0.05) is 19.1 Å². The van der Waals surface area contributed by atoms with Crippen molar-refractivity contribution in [2.75, 3.05) is 39.3 Å². The summed E-state index contributed by atoms with van der Waals surface area (Å²) < 4.78 is 5.87. The van der Waals surface area contributed by atoms with E-state index in [0.717, 1.165) is 56.3 Å². The second kappa shape index (κ2) is 9.37. The van der Waals surface area contributed by atoms with Gasteiger partial charge < -0.3 is 9.64 Å². The van der Waals surface area contributed by atoms with E-state index in [4.69, 9.17) is 4.74 Å². The lowest BCUT2D eigenvalue weighted by Crippen LogP contribution is -2.45. The van der Waals surface area contributed by atoms with Crippen molar-refractivity contribution < 1.29 is 9.53 Å². The molecule has 29 heavy (non-hydrogen) atoms. The van der Waals surface area contributed by atoms with Crippen molar-refractivity contribution in [3.8, 4) is 5.75 Å².